The first kappa shape index (κ1) is 13.7. The number of anilines is 1. The molecule has 0 N–H and O–H groups in total. The molecule has 6 nitrogen and oxygen atoms in total. The van der Waals surface area contributed by atoms with Crippen LogP contribution in [0.3, 0.4) is 0 Å². The Morgan fingerprint density at radius 2 is 2.16 bits per heavy atom. The van der Waals surface area contributed by atoms with Gasteiger partial charge in [0.25, 0.3) is 5.95 Å². The van der Waals surface area contributed by atoms with Crippen molar-refractivity contribution in [2.45, 2.75) is 20.3 Å². The van der Waals surface area contributed by atoms with Crippen LogP contribution < -0.4 is 4.90 Å². The first-order valence-electron chi connectivity index (χ1n) is 6.23. The average Bonchev–Trinajstić information content (AvgIpc) is 2.91. The van der Waals surface area contributed by atoms with E-state index in [4.69, 9.17) is 11.6 Å². The van der Waals surface area contributed by atoms with Crippen molar-refractivity contribution < 1.29 is 0 Å². The quantitative estimate of drug-likeness (QED) is 0.840. The molecule has 2 aromatic heterocycles. The predicted molar refractivity (Wildman–Crippen MR) is 74.7 cm³/mol. The molecular formula is C12H17ClN6. The second kappa shape index (κ2) is 5.97. The minimum Gasteiger partial charge on any atom is -0.343 e. The van der Waals surface area contributed by atoms with Gasteiger partial charge in [-0.05, 0) is 23.6 Å². The van der Waals surface area contributed by atoms with Crippen LogP contribution in [0.1, 0.15) is 20.3 Å². The lowest BCUT2D eigenvalue weighted by Crippen LogP contribution is -2.26. The molecule has 0 aliphatic heterocycles. The van der Waals surface area contributed by atoms with Crippen LogP contribution in [0, 0.1) is 5.92 Å². The highest BCUT2D eigenvalue weighted by atomic mass is 35.5. The third kappa shape index (κ3) is 3.41. The molecule has 7 heteroatoms. The van der Waals surface area contributed by atoms with E-state index in [2.05, 4.69) is 33.9 Å². The van der Waals surface area contributed by atoms with E-state index in [0.29, 0.717) is 17.8 Å². The largest absolute Gasteiger partial charge is 0.343 e. The number of hydrogen-bond donors (Lipinski definition) is 0. The second-order valence-corrected chi connectivity index (χ2v) is 4.89. The van der Waals surface area contributed by atoms with Crippen LogP contribution in [0.2, 0.25) is 5.28 Å². The van der Waals surface area contributed by atoms with E-state index < -0.39 is 0 Å². The zero-order valence-corrected chi connectivity index (χ0v) is 12.0. The van der Waals surface area contributed by atoms with Gasteiger partial charge in [-0.1, -0.05) is 20.3 Å². The Bertz CT molecular complexity index is 527. The molecule has 0 saturated carbocycles. The molecule has 0 radical (unpaired) electrons. The Hall–Kier alpha value is -1.69. The molecule has 2 aromatic rings. The van der Waals surface area contributed by atoms with E-state index in [9.17, 15) is 0 Å². The standard InChI is InChI=1S/C12H17ClN6/c1-4-9(2)8-18(3)11-15-10(13)16-12(17-11)19-7-5-6-14-19/h5-7,9H,4,8H2,1-3H3. The van der Waals surface area contributed by atoms with E-state index in [1.807, 2.05) is 11.9 Å². The van der Waals surface area contributed by atoms with Gasteiger partial charge in [0.05, 0.1) is 0 Å². The van der Waals surface area contributed by atoms with E-state index in [1.165, 1.54) is 0 Å². The van der Waals surface area contributed by atoms with Crippen molar-refractivity contribution in [3.8, 4) is 5.95 Å². The van der Waals surface area contributed by atoms with Gasteiger partial charge in [0.2, 0.25) is 11.2 Å². The highest BCUT2D eigenvalue weighted by Crippen LogP contribution is 2.14. The molecule has 0 bridgehead atoms. The Morgan fingerprint density at radius 3 is 2.79 bits per heavy atom. The minimum atomic E-state index is 0.173. The third-order valence-corrected chi connectivity index (χ3v) is 3.09. The van der Waals surface area contributed by atoms with Crippen LogP contribution >= 0.6 is 11.6 Å². The number of hydrogen-bond acceptors (Lipinski definition) is 5. The average molecular weight is 281 g/mol. The first-order chi connectivity index (χ1) is 9.10. The van der Waals surface area contributed by atoms with Gasteiger partial charge >= 0.3 is 0 Å². The first-order valence-corrected chi connectivity index (χ1v) is 6.60. The lowest BCUT2D eigenvalue weighted by atomic mass is 10.1. The molecule has 19 heavy (non-hydrogen) atoms. The minimum absolute atomic E-state index is 0.173. The Kier molecular flexibility index (Phi) is 4.31. The summed E-state index contributed by atoms with van der Waals surface area (Å²) in [6.07, 6.45) is 4.54. The molecule has 2 heterocycles. The molecule has 0 saturated heterocycles. The van der Waals surface area contributed by atoms with Crippen LogP contribution in [0.25, 0.3) is 5.95 Å². The Balaban J connectivity index is 2.26. The molecule has 2 rings (SSSR count). The highest BCUT2D eigenvalue weighted by Gasteiger charge is 2.12. The zero-order valence-electron chi connectivity index (χ0n) is 11.3. The third-order valence-electron chi connectivity index (χ3n) is 2.92. The molecule has 0 amide bonds. The van der Waals surface area contributed by atoms with Gasteiger partial charge in [-0.15, -0.1) is 0 Å². The van der Waals surface area contributed by atoms with Crippen LogP contribution in [0.5, 0.6) is 0 Å². The topological polar surface area (TPSA) is 59.7 Å². The van der Waals surface area contributed by atoms with Crippen LogP contribution in [-0.2, 0) is 0 Å². The molecule has 0 aromatic carbocycles. The molecule has 1 atom stereocenters. The van der Waals surface area contributed by atoms with Gasteiger partial charge in [-0.25, -0.2) is 4.68 Å². The Labute approximate surface area is 117 Å². The lowest BCUT2D eigenvalue weighted by molar-refractivity contribution is 0.554. The summed E-state index contributed by atoms with van der Waals surface area (Å²) in [6, 6.07) is 1.81. The summed E-state index contributed by atoms with van der Waals surface area (Å²) < 4.78 is 1.56. The molecule has 1 unspecified atom stereocenters. The predicted octanol–water partition coefficient (Wildman–Crippen LogP) is 2.19. The van der Waals surface area contributed by atoms with E-state index >= 15 is 0 Å². The molecular weight excluding hydrogens is 264 g/mol. The Morgan fingerprint density at radius 1 is 1.37 bits per heavy atom. The van der Waals surface area contributed by atoms with Gasteiger partial charge < -0.3 is 4.90 Å². The van der Waals surface area contributed by atoms with Gasteiger partial charge in [0, 0.05) is 26.0 Å². The maximum Gasteiger partial charge on any atom is 0.256 e. The van der Waals surface area contributed by atoms with Gasteiger partial charge in [0.15, 0.2) is 0 Å². The maximum atomic E-state index is 5.95. The van der Waals surface area contributed by atoms with Gasteiger partial charge in [0.1, 0.15) is 0 Å². The smallest absolute Gasteiger partial charge is 0.256 e. The molecule has 102 valence electrons. The lowest BCUT2D eigenvalue weighted by Gasteiger charge is -2.20. The van der Waals surface area contributed by atoms with Crippen LogP contribution in [-0.4, -0.2) is 38.3 Å². The van der Waals surface area contributed by atoms with Crippen molar-refractivity contribution in [1.82, 2.24) is 24.7 Å². The zero-order chi connectivity index (χ0) is 13.8. The summed E-state index contributed by atoms with van der Waals surface area (Å²) in [6.45, 7) is 5.22. The normalized spacial score (nSPS) is 12.4. The number of rotatable bonds is 5. The fourth-order valence-electron chi connectivity index (χ4n) is 1.67. The monoisotopic (exact) mass is 280 g/mol. The van der Waals surface area contributed by atoms with Gasteiger partial charge in [-0.3, -0.25) is 0 Å². The summed E-state index contributed by atoms with van der Waals surface area (Å²) in [5, 5.41) is 4.26. The van der Waals surface area contributed by atoms with Crippen LogP contribution in [0.4, 0.5) is 5.95 Å². The number of halogens is 1. The summed E-state index contributed by atoms with van der Waals surface area (Å²) >= 11 is 5.95. The van der Waals surface area contributed by atoms with Crippen molar-refractivity contribution in [2.75, 3.05) is 18.5 Å². The summed E-state index contributed by atoms with van der Waals surface area (Å²) in [5.41, 5.74) is 0. The summed E-state index contributed by atoms with van der Waals surface area (Å²) in [7, 11) is 1.95. The SMILES string of the molecule is CCC(C)CN(C)c1nc(Cl)nc(-n2cccn2)n1. The van der Waals surface area contributed by atoms with Crippen molar-refractivity contribution >= 4 is 17.5 Å². The van der Waals surface area contributed by atoms with Crippen molar-refractivity contribution in [3.05, 3.63) is 23.7 Å². The number of nitrogens with zero attached hydrogens (tertiary/aromatic N) is 6. The van der Waals surface area contributed by atoms with E-state index in [-0.39, 0.29) is 5.28 Å². The fraction of sp³-hybridized carbons (Fsp3) is 0.500. The molecule has 0 aliphatic carbocycles. The van der Waals surface area contributed by atoms with E-state index in [1.54, 1.807) is 23.1 Å². The number of aromatic nitrogens is 5. The van der Waals surface area contributed by atoms with Crippen molar-refractivity contribution in [1.29, 1.82) is 0 Å². The second-order valence-electron chi connectivity index (χ2n) is 4.55. The van der Waals surface area contributed by atoms with Gasteiger partial charge in [-0.2, -0.15) is 20.1 Å². The summed E-state index contributed by atoms with van der Waals surface area (Å²) in [5.74, 6) is 1.55. The fourth-order valence-corrected chi connectivity index (χ4v) is 1.82. The maximum absolute atomic E-state index is 5.95. The molecule has 0 spiro atoms. The van der Waals surface area contributed by atoms with Crippen molar-refractivity contribution in [2.24, 2.45) is 5.92 Å². The van der Waals surface area contributed by atoms with E-state index in [0.717, 1.165) is 13.0 Å². The molecule has 0 fully saturated rings. The van der Waals surface area contributed by atoms with Crippen molar-refractivity contribution in [3.63, 3.8) is 0 Å². The summed E-state index contributed by atoms with van der Waals surface area (Å²) in [4.78, 5) is 14.6. The molecule has 0 aliphatic rings. The van der Waals surface area contributed by atoms with Crippen LogP contribution in [0.15, 0.2) is 18.5 Å². The highest BCUT2D eigenvalue weighted by molar-refractivity contribution is 6.28.